The van der Waals surface area contributed by atoms with E-state index in [4.69, 9.17) is 4.74 Å². The lowest BCUT2D eigenvalue weighted by Gasteiger charge is -2.14. The number of thioether (sulfide) groups is 1. The number of ether oxygens (including phenoxy) is 1. The summed E-state index contributed by atoms with van der Waals surface area (Å²) in [6.45, 7) is 2.95. The van der Waals surface area contributed by atoms with Gasteiger partial charge in [-0.1, -0.05) is 13.0 Å². The van der Waals surface area contributed by atoms with Gasteiger partial charge in [-0.25, -0.2) is 0 Å². The number of phenolic OH excluding ortho intramolecular Hbond substituents is 1. The van der Waals surface area contributed by atoms with Gasteiger partial charge in [0.2, 0.25) is 0 Å². The lowest BCUT2D eigenvalue weighted by atomic mass is 10.1. The van der Waals surface area contributed by atoms with Gasteiger partial charge >= 0.3 is 0 Å². The van der Waals surface area contributed by atoms with Crippen molar-refractivity contribution < 1.29 is 9.84 Å². The van der Waals surface area contributed by atoms with Crippen LogP contribution in [-0.4, -0.2) is 29.3 Å². The van der Waals surface area contributed by atoms with Crippen LogP contribution in [0.3, 0.4) is 0 Å². The summed E-state index contributed by atoms with van der Waals surface area (Å²) in [6, 6.07) is 6.07. The molecule has 0 saturated heterocycles. The van der Waals surface area contributed by atoms with Gasteiger partial charge in [0.25, 0.3) is 0 Å². The molecule has 1 aromatic rings. The molecule has 0 aliphatic heterocycles. The Bertz CT molecular complexity index is 411. The summed E-state index contributed by atoms with van der Waals surface area (Å²) < 4.78 is 5.09. The van der Waals surface area contributed by atoms with Gasteiger partial charge in [0.05, 0.1) is 7.11 Å². The van der Waals surface area contributed by atoms with E-state index >= 15 is 0 Å². The third-order valence-electron chi connectivity index (χ3n) is 3.66. The van der Waals surface area contributed by atoms with Crippen LogP contribution in [0.15, 0.2) is 18.2 Å². The number of benzene rings is 1. The predicted octanol–water partition coefficient (Wildman–Crippen LogP) is 3.16. The second-order valence-electron chi connectivity index (χ2n) is 4.96. The molecule has 3 nitrogen and oxygen atoms in total. The van der Waals surface area contributed by atoms with Crippen molar-refractivity contribution >= 4 is 11.8 Å². The van der Waals surface area contributed by atoms with Crippen molar-refractivity contribution in [2.45, 2.75) is 44.0 Å². The van der Waals surface area contributed by atoms with E-state index in [2.05, 4.69) is 24.0 Å². The standard InChI is InChI=1S/C15H23NO2S/c1-3-19-14-7-5-12(8-14)16-10-11-4-6-13(18-2)9-15(11)17/h4,6,9,12,14,16-17H,3,5,7-8,10H2,1-2H3. The largest absolute Gasteiger partial charge is 0.507 e. The highest BCUT2D eigenvalue weighted by Crippen LogP contribution is 2.30. The molecule has 4 heteroatoms. The molecule has 0 heterocycles. The Morgan fingerprint density at radius 3 is 2.95 bits per heavy atom. The molecule has 2 atom stereocenters. The van der Waals surface area contributed by atoms with Gasteiger partial charge in [0, 0.05) is 29.5 Å². The molecule has 0 aromatic heterocycles. The minimum atomic E-state index is 0.310. The highest BCUT2D eigenvalue weighted by atomic mass is 32.2. The maximum atomic E-state index is 9.91. The molecule has 0 radical (unpaired) electrons. The molecule has 19 heavy (non-hydrogen) atoms. The van der Waals surface area contributed by atoms with E-state index in [-0.39, 0.29) is 0 Å². The zero-order valence-corrected chi connectivity index (χ0v) is 12.5. The fraction of sp³-hybridized carbons (Fsp3) is 0.600. The van der Waals surface area contributed by atoms with Gasteiger partial charge in [-0.3, -0.25) is 0 Å². The summed E-state index contributed by atoms with van der Waals surface area (Å²) in [5.74, 6) is 2.21. The van der Waals surface area contributed by atoms with Crippen LogP contribution >= 0.6 is 11.8 Å². The van der Waals surface area contributed by atoms with Crippen LogP contribution in [0.2, 0.25) is 0 Å². The van der Waals surface area contributed by atoms with E-state index in [1.54, 1.807) is 13.2 Å². The highest BCUT2D eigenvalue weighted by molar-refractivity contribution is 7.99. The summed E-state index contributed by atoms with van der Waals surface area (Å²) >= 11 is 2.07. The van der Waals surface area contributed by atoms with Crippen molar-refractivity contribution in [3.05, 3.63) is 23.8 Å². The second-order valence-corrected chi connectivity index (χ2v) is 6.54. The van der Waals surface area contributed by atoms with Crippen LogP contribution in [0.4, 0.5) is 0 Å². The molecule has 2 rings (SSSR count). The smallest absolute Gasteiger partial charge is 0.123 e. The van der Waals surface area contributed by atoms with Crippen LogP contribution in [-0.2, 0) is 6.54 Å². The Morgan fingerprint density at radius 1 is 1.42 bits per heavy atom. The summed E-state index contributed by atoms with van der Waals surface area (Å²) in [4.78, 5) is 0. The summed E-state index contributed by atoms with van der Waals surface area (Å²) in [5.41, 5.74) is 0.937. The van der Waals surface area contributed by atoms with Crippen molar-refractivity contribution in [3.63, 3.8) is 0 Å². The van der Waals surface area contributed by atoms with E-state index < -0.39 is 0 Å². The van der Waals surface area contributed by atoms with E-state index in [0.717, 1.165) is 17.4 Å². The number of aromatic hydroxyl groups is 1. The number of phenols is 1. The molecular formula is C15H23NO2S. The minimum Gasteiger partial charge on any atom is -0.507 e. The van der Waals surface area contributed by atoms with E-state index in [1.807, 2.05) is 12.1 Å². The zero-order chi connectivity index (χ0) is 13.7. The molecule has 1 aliphatic carbocycles. The van der Waals surface area contributed by atoms with Crippen LogP contribution in [0, 0.1) is 0 Å². The normalized spacial score (nSPS) is 22.6. The van der Waals surface area contributed by atoms with Crippen molar-refractivity contribution in [3.8, 4) is 11.5 Å². The third-order valence-corrected chi connectivity index (χ3v) is 4.89. The van der Waals surface area contributed by atoms with Crippen LogP contribution < -0.4 is 10.1 Å². The molecule has 0 amide bonds. The number of hydrogen-bond donors (Lipinski definition) is 2. The first kappa shape index (κ1) is 14.5. The average Bonchev–Trinajstić information content (AvgIpc) is 2.85. The number of rotatable bonds is 6. The first-order valence-corrected chi connectivity index (χ1v) is 7.98. The fourth-order valence-corrected chi connectivity index (χ4v) is 3.73. The number of methoxy groups -OCH3 is 1. The Kier molecular flexibility index (Phi) is 5.40. The van der Waals surface area contributed by atoms with Crippen LogP contribution in [0.25, 0.3) is 0 Å². The summed E-state index contributed by atoms with van der Waals surface area (Å²) in [7, 11) is 1.61. The minimum absolute atomic E-state index is 0.310. The van der Waals surface area contributed by atoms with E-state index in [9.17, 15) is 5.11 Å². The van der Waals surface area contributed by atoms with Crippen LogP contribution in [0.1, 0.15) is 31.7 Å². The van der Waals surface area contributed by atoms with E-state index in [0.29, 0.717) is 17.5 Å². The maximum absolute atomic E-state index is 9.91. The van der Waals surface area contributed by atoms with Gasteiger partial charge in [-0.2, -0.15) is 11.8 Å². The first-order chi connectivity index (χ1) is 9.22. The molecule has 1 aliphatic rings. The Morgan fingerprint density at radius 2 is 2.26 bits per heavy atom. The number of hydrogen-bond acceptors (Lipinski definition) is 4. The average molecular weight is 281 g/mol. The van der Waals surface area contributed by atoms with E-state index in [1.165, 1.54) is 25.0 Å². The molecule has 2 N–H and O–H groups in total. The van der Waals surface area contributed by atoms with Crippen molar-refractivity contribution in [1.29, 1.82) is 0 Å². The monoisotopic (exact) mass is 281 g/mol. The molecular weight excluding hydrogens is 258 g/mol. The highest BCUT2D eigenvalue weighted by Gasteiger charge is 2.24. The molecule has 0 spiro atoms. The lowest BCUT2D eigenvalue weighted by molar-refractivity contribution is 0.405. The topological polar surface area (TPSA) is 41.5 Å². The predicted molar refractivity (Wildman–Crippen MR) is 81.1 cm³/mol. The lowest BCUT2D eigenvalue weighted by Crippen LogP contribution is -2.26. The zero-order valence-electron chi connectivity index (χ0n) is 11.7. The molecule has 106 valence electrons. The molecule has 1 fully saturated rings. The van der Waals surface area contributed by atoms with Crippen molar-refractivity contribution in [2.75, 3.05) is 12.9 Å². The molecule has 1 aromatic carbocycles. The first-order valence-electron chi connectivity index (χ1n) is 6.93. The van der Waals surface area contributed by atoms with Gasteiger partial charge in [0.15, 0.2) is 0 Å². The van der Waals surface area contributed by atoms with Crippen molar-refractivity contribution in [1.82, 2.24) is 5.32 Å². The summed E-state index contributed by atoms with van der Waals surface area (Å²) in [5, 5.41) is 14.3. The number of nitrogens with one attached hydrogen (secondary N) is 1. The Balaban J connectivity index is 1.83. The van der Waals surface area contributed by atoms with Gasteiger partial charge < -0.3 is 15.2 Å². The maximum Gasteiger partial charge on any atom is 0.123 e. The fourth-order valence-electron chi connectivity index (χ4n) is 2.59. The summed E-state index contributed by atoms with van der Waals surface area (Å²) in [6.07, 6.45) is 3.80. The van der Waals surface area contributed by atoms with Crippen molar-refractivity contribution in [2.24, 2.45) is 0 Å². The molecule has 0 bridgehead atoms. The third kappa shape index (κ3) is 4.05. The molecule has 1 saturated carbocycles. The Labute approximate surface area is 119 Å². The van der Waals surface area contributed by atoms with Gasteiger partial charge in [0.1, 0.15) is 11.5 Å². The SMILES string of the molecule is CCSC1CCC(NCc2ccc(OC)cc2O)C1. The quantitative estimate of drug-likeness (QED) is 0.840. The Hall–Kier alpha value is -0.870. The van der Waals surface area contributed by atoms with Gasteiger partial charge in [-0.15, -0.1) is 0 Å². The second kappa shape index (κ2) is 7.06. The van der Waals surface area contributed by atoms with Crippen LogP contribution in [0.5, 0.6) is 11.5 Å². The van der Waals surface area contributed by atoms with Gasteiger partial charge in [-0.05, 0) is 31.1 Å². The molecule has 2 unspecified atom stereocenters.